The first kappa shape index (κ1) is 18.5. The molecule has 6 heteroatoms. The van der Waals surface area contributed by atoms with Crippen molar-refractivity contribution < 1.29 is 19.1 Å². The van der Waals surface area contributed by atoms with E-state index >= 15 is 0 Å². The minimum Gasteiger partial charge on any atom is -0.489 e. The average Bonchev–Trinajstić information content (AvgIpc) is 3.55. The standard InChI is InChI=1S/C22H24N2O4/c25-21(19-14-20(19)22(26)24-10-12-27-13-11-24)23-17-6-8-18(9-7-17)28-15-16-4-2-1-3-5-16/h1-9,19-20H,10-15H2,(H,23,25). The highest BCUT2D eigenvalue weighted by Gasteiger charge is 2.49. The molecule has 2 aromatic rings. The summed E-state index contributed by atoms with van der Waals surface area (Å²) in [5.74, 6) is 0.308. The summed E-state index contributed by atoms with van der Waals surface area (Å²) in [6, 6.07) is 17.3. The second kappa shape index (κ2) is 8.44. The van der Waals surface area contributed by atoms with E-state index in [1.807, 2.05) is 54.6 Å². The van der Waals surface area contributed by atoms with E-state index in [2.05, 4.69) is 5.32 Å². The summed E-state index contributed by atoms with van der Waals surface area (Å²) in [7, 11) is 0. The highest BCUT2D eigenvalue weighted by atomic mass is 16.5. The van der Waals surface area contributed by atoms with Gasteiger partial charge in [-0.15, -0.1) is 0 Å². The van der Waals surface area contributed by atoms with Crippen LogP contribution in [0.3, 0.4) is 0 Å². The largest absolute Gasteiger partial charge is 0.489 e. The molecule has 1 heterocycles. The van der Waals surface area contributed by atoms with Crippen LogP contribution in [0.4, 0.5) is 5.69 Å². The molecule has 4 rings (SSSR count). The molecule has 0 spiro atoms. The van der Waals surface area contributed by atoms with Crippen LogP contribution in [0.1, 0.15) is 12.0 Å². The zero-order valence-corrected chi connectivity index (χ0v) is 15.7. The number of carbonyl (C=O) groups is 2. The van der Waals surface area contributed by atoms with Crippen molar-refractivity contribution >= 4 is 17.5 Å². The Labute approximate surface area is 164 Å². The van der Waals surface area contributed by atoms with Gasteiger partial charge in [0.1, 0.15) is 12.4 Å². The number of benzene rings is 2. The van der Waals surface area contributed by atoms with Crippen molar-refractivity contribution in [2.24, 2.45) is 11.8 Å². The number of morpholine rings is 1. The maximum Gasteiger partial charge on any atom is 0.228 e. The summed E-state index contributed by atoms with van der Waals surface area (Å²) in [5.41, 5.74) is 1.81. The van der Waals surface area contributed by atoms with E-state index in [1.165, 1.54) is 0 Å². The lowest BCUT2D eigenvalue weighted by Gasteiger charge is -2.27. The van der Waals surface area contributed by atoms with E-state index < -0.39 is 0 Å². The topological polar surface area (TPSA) is 67.9 Å². The summed E-state index contributed by atoms with van der Waals surface area (Å²) >= 11 is 0. The molecule has 0 bridgehead atoms. The van der Waals surface area contributed by atoms with Crippen molar-refractivity contribution in [1.82, 2.24) is 4.90 Å². The molecule has 28 heavy (non-hydrogen) atoms. The van der Waals surface area contributed by atoms with Crippen molar-refractivity contribution in [3.63, 3.8) is 0 Å². The lowest BCUT2D eigenvalue weighted by molar-refractivity contribution is -0.137. The van der Waals surface area contributed by atoms with Crippen LogP contribution < -0.4 is 10.1 Å². The molecule has 2 fully saturated rings. The molecule has 1 saturated heterocycles. The summed E-state index contributed by atoms with van der Waals surface area (Å²) in [6.45, 7) is 2.89. The van der Waals surface area contributed by atoms with Crippen LogP contribution in [-0.2, 0) is 20.9 Å². The third-order valence-corrected chi connectivity index (χ3v) is 5.14. The molecule has 2 aliphatic rings. The third-order valence-electron chi connectivity index (χ3n) is 5.14. The molecule has 1 saturated carbocycles. The molecular formula is C22H24N2O4. The Balaban J connectivity index is 1.25. The van der Waals surface area contributed by atoms with E-state index in [4.69, 9.17) is 9.47 Å². The fourth-order valence-electron chi connectivity index (χ4n) is 3.39. The van der Waals surface area contributed by atoms with Crippen LogP contribution in [0.5, 0.6) is 5.75 Å². The predicted octanol–water partition coefficient (Wildman–Crippen LogP) is 2.70. The normalized spacial score (nSPS) is 21.1. The minimum atomic E-state index is -0.232. The molecule has 1 N–H and O–H groups in total. The molecule has 1 aliphatic carbocycles. The van der Waals surface area contributed by atoms with Crippen molar-refractivity contribution in [3.8, 4) is 5.75 Å². The summed E-state index contributed by atoms with van der Waals surface area (Å²) in [5, 5.41) is 2.90. The van der Waals surface area contributed by atoms with Crippen molar-refractivity contribution in [1.29, 1.82) is 0 Å². The zero-order chi connectivity index (χ0) is 19.3. The van der Waals surface area contributed by atoms with Crippen LogP contribution in [0.15, 0.2) is 54.6 Å². The van der Waals surface area contributed by atoms with Gasteiger partial charge in [-0.25, -0.2) is 0 Å². The van der Waals surface area contributed by atoms with Crippen molar-refractivity contribution in [2.75, 3.05) is 31.6 Å². The second-order valence-electron chi connectivity index (χ2n) is 7.17. The van der Waals surface area contributed by atoms with Gasteiger partial charge in [0, 0.05) is 18.8 Å². The second-order valence-corrected chi connectivity index (χ2v) is 7.17. The summed E-state index contributed by atoms with van der Waals surface area (Å²) in [4.78, 5) is 26.7. The first-order valence-electron chi connectivity index (χ1n) is 9.65. The van der Waals surface area contributed by atoms with Crippen molar-refractivity contribution in [2.45, 2.75) is 13.0 Å². The van der Waals surface area contributed by atoms with Gasteiger partial charge in [-0.2, -0.15) is 0 Å². The smallest absolute Gasteiger partial charge is 0.228 e. The number of anilines is 1. The minimum absolute atomic E-state index is 0.0770. The van der Waals surface area contributed by atoms with Gasteiger partial charge in [0.05, 0.1) is 25.0 Å². The summed E-state index contributed by atoms with van der Waals surface area (Å²) in [6.07, 6.45) is 0.625. The Hall–Kier alpha value is -2.86. The number of rotatable bonds is 6. The Bertz CT molecular complexity index is 816. The molecule has 2 atom stereocenters. The van der Waals surface area contributed by atoms with Gasteiger partial charge < -0.3 is 19.7 Å². The number of carbonyl (C=O) groups excluding carboxylic acids is 2. The van der Waals surface area contributed by atoms with E-state index in [0.29, 0.717) is 45.0 Å². The number of amides is 2. The Morgan fingerprint density at radius 3 is 2.43 bits per heavy atom. The van der Waals surface area contributed by atoms with Gasteiger partial charge in [0.15, 0.2) is 0 Å². The first-order valence-corrected chi connectivity index (χ1v) is 9.65. The highest BCUT2D eigenvalue weighted by Crippen LogP contribution is 2.41. The maximum absolute atomic E-state index is 12.4. The monoisotopic (exact) mass is 380 g/mol. The van der Waals surface area contributed by atoms with Crippen LogP contribution in [0.25, 0.3) is 0 Å². The average molecular weight is 380 g/mol. The Morgan fingerprint density at radius 1 is 1.00 bits per heavy atom. The molecule has 2 aromatic carbocycles. The van der Waals surface area contributed by atoms with Gasteiger partial charge in [0.25, 0.3) is 0 Å². The maximum atomic E-state index is 12.4. The van der Waals surface area contributed by atoms with Gasteiger partial charge in [-0.1, -0.05) is 30.3 Å². The van der Waals surface area contributed by atoms with Crippen LogP contribution in [-0.4, -0.2) is 43.0 Å². The van der Waals surface area contributed by atoms with E-state index in [-0.39, 0.29) is 23.7 Å². The number of ether oxygens (including phenoxy) is 2. The molecular weight excluding hydrogens is 356 g/mol. The SMILES string of the molecule is O=C(Nc1ccc(OCc2ccccc2)cc1)C1CC1C(=O)N1CCOCC1. The number of nitrogens with zero attached hydrogens (tertiary/aromatic N) is 1. The quantitative estimate of drug-likeness (QED) is 0.837. The van der Waals surface area contributed by atoms with E-state index in [9.17, 15) is 9.59 Å². The number of nitrogens with one attached hydrogen (secondary N) is 1. The Morgan fingerprint density at radius 2 is 1.71 bits per heavy atom. The highest BCUT2D eigenvalue weighted by molar-refractivity contribution is 5.99. The fraction of sp³-hybridized carbons (Fsp3) is 0.364. The van der Waals surface area contributed by atoms with E-state index in [0.717, 1.165) is 11.3 Å². The zero-order valence-electron chi connectivity index (χ0n) is 15.7. The molecule has 1 aliphatic heterocycles. The third kappa shape index (κ3) is 4.51. The summed E-state index contributed by atoms with van der Waals surface area (Å²) < 4.78 is 11.0. The molecule has 6 nitrogen and oxygen atoms in total. The molecule has 2 amide bonds. The van der Waals surface area contributed by atoms with Crippen molar-refractivity contribution in [3.05, 3.63) is 60.2 Å². The molecule has 0 aromatic heterocycles. The fourth-order valence-corrected chi connectivity index (χ4v) is 3.39. The molecule has 146 valence electrons. The van der Waals surface area contributed by atoms with Crippen LogP contribution in [0, 0.1) is 11.8 Å². The van der Waals surface area contributed by atoms with Gasteiger partial charge in [-0.3, -0.25) is 9.59 Å². The molecule has 0 radical (unpaired) electrons. The number of hydrogen-bond donors (Lipinski definition) is 1. The lowest BCUT2D eigenvalue weighted by Crippen LogP contribution is -2.42. The van der Waals surface area contributed by atoms with Crippen LogP contribution >= 0.6 is 0 Å². The van der Waals surface area contributed by atoms with E-state index in [1.54, 1.807) is 4.90 Å². The molecule has 2 unspecified atom stereocenters. The number of hydrogen-bond acceptors (Lipinski definition) is 4. The van der Waals surface area contributed by atoms with Gasteiger partial charge in [0.2, 0.25) is 11.8 Å². The van der Waals surface area contributed by atoms with Crippen LogP contribution in [0.2, 0.25) is 0 Å². The Kier molecular flexibility index (Phi) is 5.58. The van der Waals surface area contributed by atoms with Gasteiger partial charge >= 0.3 is 0 Å². The lowest BCUT2D eigenvalue weighted by atomic mass is 10.2. The van der Waals surface area contributed by atoms with Gasteiger partial charge in [-0.05, 0) is 36.2 Å². The first-order chi connectivity index (χ1) is 13.7. The predicted molar refractivity (Wildman–Crippen MR) is 105 cm³/mol.